The maximum atomic E-state index is 12.7. The standard InChI is InChI=1S/C10H19FN2/c1-9(12)4-2-3-6-13-7-5-10(11)8-13/h10,12H,2-8H2,1H3. The van der Waals surface area contributed by atoms with E-state index in [-0.39, 0.29) is 0 Å². The van der Waals surface area contributed by atoms with Crippen LogP contribution < -0.4 is 0 Å². The van der Waals surface area contributed by atoms with Crippen molar-refractivity contribution in [2.45, 2.75) is 38.8 Å². The smallest absolute Gasteiger partial charge is 0.114 e. The molecule has 0 saturated carbocycles. The predicted molar refractivity (Wildman–Crippen MR) is 53.2 cm³/mol. The minimum Gasteiger partial charge on any atom is -0.310 e. The minimum atomic E-state index is -0.593. The van der Waals surface area contributed by atoms with Crippen molar-refractivity contribution in [1.29, 1.82) is 5.41 Å². The first-order chi connectivity index (χ1) is 6.18. The third-order valence-electron chi connectivity index (χ3n) is 2.49. The highest BCUT2D eigenvalue weighted by Crippen LogP contribution is 2.12. The second kappa shape index (κ2) is 5.32. The van der Waals surface area contributed by atoms with Crippen LogP contribution in [0.1, 0.15) is 32.6 Å². The summed E-state index contributed by atoms with van der Waals surface area (Å²) in [6.45, 7) is 4.40. The molecule has 1 atom stereocenters. The third kappa shape index (κ3) is 4.36. The molecule has 0 aromatic carbocycles. The summed E-state index contributed by atoms with van der Waals surface area (Å²) in [5.41, 5.74) is 0.754. The van der Waals surface area contributed by atoms with Gasteiger partial charge in [-0.15, -0.1) is 0 Å². The lowest BCUT2D eigenvalue weighted by Crippen LogP contribution is -2.22. The zero-order chi connectivity index (χ0) is 9.68. The van der Waals surface area contributed by atoms with E-state index in [1.165, 1.54) is 0 Å². The van der Waals surface area contributed by atoms with E-state index in [1.807, 2.05) is 6.92 Å². The normalized spacial score (nSPS) is 23.7. The lowest BCUT2D eigenvalue weighted by molar-refractivity contribution is 0.284. The van der Waals surface area contributed by atoms with Gasteiger partial charge in [-0.2, -0.15) is 0 Å². The lowest BCUT2D eigenvalue weighted by atomic mass is 10.2. The molecule has 13 heavy (non-hydrogen) atoms. The zero-order valence-electron chi connectivity index (χ0n) is 8.35. The van der Waals surface area contributed by atoms with E-state index in [4.69, 9.17) is 5.41 Å². The van der Waals surface area contributed by atoms with Crippen LogP contribution >= 0.6 is 0 Å². The van der Waals surface area contributed by atoms with E-state index >= 15 is 0 Å². The van der Waals surface area contributed by atoms with Crippen molar-refractivity contribution >= 4 is 5.71 Å². The summed E-state index contributed by atoms with van der Waals surface area (Å²) < 4.78 is 12.7. The van der Waals surface area contributed by atoms with Crippen LogP contribution in [0, 0.1) is 5.41 Å². The van der Waals surface area contributed by atoms with Gasteiger partial charge in [0.15, 0.2) is 0 Å². The molecule has 1 N–H and O–H groups in total. The van der Waals surface area contributed by atoms with Crippen LogP contribution in [0.15, 0.2) is 0 Å². The van der Waals surface area contributed by atoms with Crippen molar-refractivity contribution in [3.05, 3.63) is 0 Å². The first-order valence-corrected chi connectivity index (χ1v) is 5.09. The number of unbranched alkanes of at least 4 members (excludes halogenated alkanes) is 1. The van der Waals surface area contributed by atoms with Gasteiger partial charge < -0.3 is 10.3 Å². The van der Waals surface area contributed by atoms with E-state index in [9.17, 15) is 4.39 Å². The molecular weight excluding hydrogens is 167 g/mol. The average Bonchev–Trinajstić information content (AvgIpc) is 2.45. The van der Waals surface area contributed by atoms with Crippen molar-refractivity contribution < 1.29 is 4.39 Å². The Bertz CT molecular complexity index is 170. The molecule has 0 bridgehead atoms. The second-order valence-electron chi connectivity index (χ2n) is 3.92. The SMILES string of the molecule is CC(=N)CCCCN1CCC(F)C1. The number of hydrogen-bond acceptors (Lipinski definition) is 2. The van der Waals surface area contributed by atoms with Gasteiger partial charge in [0.2, 0.25) is 0 Å². The van der Waals surface area contributed by atoms with Gasteiger partial charge in [-0.05, 0) is 39.2 Å². The van der Waals surface area contributed by atoms with E-state index < -0.39 is 6.17 Å². The van der Waals surface area contributed by atoms with Crippen LogP contribution in [0.2, 0.25) is 0 Å². The molecule has 3 heteroatoms. The van der Waals surface area contributed by atoms with Crippen LogP contribution in [0.4, 0.5) is 4.39 Å². The molecule has 0 aliphatic carbocycles. The monoisotopic (exact) mass is 186 g/mol. The Kier molecular flexibility index (Phi) is 4.36. The summed E-state index contributed by atoms with van der Waals surface area (Å²) in [5, 5.41) is 7.24. The predicted octanol–water partition coefficient (Wildman–Crippen LogP) is 2.24. The first-order valence-electron chi connectivity index (χ1n) is 5.09. The van der Waals surface area contributed by atoms with Gasteiger partial charge in [0.05, 0.1) is 0 Å². The number of rotatable bonds is 5. The quantitative estimate of drug-likeness (QED) is 0.517. The molecular formula is C10H19FN2. The largest absolute Gasteiger partial charge is 0.310 e. The molecule has 0 spiro atoms. The zero-order valence-corrected chi connectivity index (χ0v) is 8.35. The van der Waals surface area contributed by atoms with E-state index in [0.717, 1.165) is 38.1 Å². The minimum absolute atomic E-state index is 0.593. The van der Waals surface area contributed by atoms with Gasteiger partial charge in [-0.25, -0.2) is 4.39 Å². The summed E-state index contributed by atoms with van der Waals surface area (Å²) >= 11 is 0. The number of nitrogens with one attached hydrogen (secondary N) is 1. The fourth-order valence-electron chi connectivity index (χ4n) is 1.71. The lowest BCUT2D eigenvalue weighted by Gasteiger charge is -2.13. The Morgan fingerprint density at radius 2 is 2.31 bits per heavy atom. The van der Waals surface area contributed by atoms with Gasteiger partial charge in [0.1, 0.15) is 6.17 Å². The van der Waals surface area contributed by atoms with Crippen LogP contribution in [-0.4, -0.2) is 36.4 Å². The highest BCUT2D eigenvalue weighted by atomic mass is 19.1. The van der Waals surface area contributed by atoms with E-state index in [2.05, 4.69) is 4.90 Å². The van der Waals surface area contributed by atoms with Gasteiger partial charge in [-0.1, -0.05) is 0 Å². The Labute approximate surface area is 79.6 Å². The summed E-state index contributed by atoms with van der Waals surface area (Å²) in [7, 11) is 0. The molecule has 1 aliphatic heterocycles. The highest BCUT2D eigenvalue weighted by Gasteiger charge is 2.20. The summed E-state index contributed by atoms with van der Waals surface area (Å²) in [6, 6.07) is 0. The van der Waals surface area contributed by atoms with Crippen LogP contribution in [0.5, 0.6) is 0 Å². The number of hydrogen-bond donors (Lipinski definition) is 1. The number of halogens is 1. The maximum Gasteiger partial charge on any atom is 0.114 e. The fourth-order valence-corrected chi connectivity index (χ4v) is 1.71. The molecule has 2 nitrogen and oxygen atoms in total. The van der Waals surface area contributed by atoms with E-state index in [1.54, 1.807) is 0 Å². The van der Waals surface area contributed by atoms with Crippen LogP contribution in [0.25, 0.3) is 0 Å². The number of nitrogens with zero attached hydrogens (tertiary/aromatic N) is 1. The van der Waals surface area contributed by atoms with E-state index in [0.29, 0.717) is 13.0 Å². The molecule has 1 heterocycles. The molecule has 1 aliphatic rings. The fraction of sp³-hybridized carbons (Fsp3) is 0.900. The van der Waals surface area contributed by atoms with Gasteiger partial charge in [0.25, 0.3) is 0 Å². The van der Waals surface area contributed by atoms with Crippen LogP contribution in [0.3, 0.4) is 0 Å². The van der Waals surface area contributed by atoms with Gasteiger partial charge in [-0.3, -0.25) is 0 Å². The number of likely N-dealkylation sites (tertiary alicyclic amines) is 1. The third-order valence-corrected chi connectivity index (χ3v) is 2.49. The Hall–Kier alpha value is -0.440. The van der Waals surface area contributed by atoms with Crippen molar-refractivity contribution in [1.82, 2.24) is 4.90 Å². The molecule has 0 amide bonds. The van der Waals surface area contributed by atoms with Crippen LogP contribution in [-0.2, 0) is 0 Å². The maximum absolute atomic E-state index is 12.7. The van der Waals surface area contributed by atoms with Gasteiger partial charge in [0, 0.05) is 18.8 Å². The average molecular weight is 186 g/mol. The topological polar surface area (TPSA) is 27.1 Å². The molecule has 76 valence electrons. The first kappa shape index (κ1) is 10.6. The summed E-state index contributed by atoms with van der Waals surface area (Å²) in [5.74, 6) is 0. The molecule has 0 aromatic heterocycles. The van der Waals surface area contributed by atoms with Crippen molar-refractivity contribution in [3.63, 3.8) is 0 Å². The van der Waals surface area contributed by atoms with Crippen molar-refractivity contribution in [2.75, 3.05) is 19.6 Å². The second-order valence-corrected chi connectivity index (χ2v) is 3.92. The Morgan fingerprint density at radius 3 is 2.85 bits per heavy atom. The van der Waals surface area contributed by atoms with Crippen molar-refractivity contribution in [3.8, 4) is 0 Å². The molecule has 1 unspecified atom stereocenters. The molecule has 1 saturated heterocycles. The number of alkyl halides is 1. The Morgan fingerprint density at radius 1 is 1.54 bits per heavy atom. The van der Waals surface area contributed by atoms with Crippen molar-refractivity contribution in [2.24, 2.45) is 0 Å². The van der Waals surface area contributed by atoms with Gasteiger partial charge >= 0.3 is 0 Å². The summed E-state index contributed by atoms with van der Waals surface area (Å²) in [4.78, 5) is 2.18. The molecule has 1 fully saturated rings. The summed E-state index contributed by atoms with van der Waals surface area (Å²) in [6.07, 6.45) is 3.19. The molecule has 0 radical (unpaired) electrons. The molecule has 0 aromatic rings. The highest BCUT2D eigenvalue weighted by molar-refractivity contribution is 5.78. The Balaban J connectivity index is 1.97. The molecule has 1 rings (SSSR count).